The third kappa shape index (κ3) is 4.53. The Balaban J connectivity index is 1.56. The summed E-state index contributed by atoms with van der Waals surface area (Å²) in [5.41, 5.74) is 1.80. The Hall–Kier alpha value is -4.57. The molecule has 0 aliphatic carbocycles. The molecule has 36 heavy (non-hydrogen) atoms. The summed E-state index contributed by atoms with van der Waals surface area (Å²) in [6, 6.07) is 16.1. The number of carboxylic acids is 2. The largest absolute Gasteiger partial charge is 0.478 e. The van der Waals surface area contributed by atoms with Crippen LogP contribution in [0.25, 0.3) is 11.3 Å². The predicted octanol–water partition coefficient (Wildman–Crippen LogP) is 4.31. The topological polar surface area (TPSA) is 129 Å². The zero-order valence-corrected chi connectivity index (χ0v) is 19.6. The number of pyridine rings is 2. The highest BCUT2D eigenvalue weighted by atomic mass is 32.1. The van der Waals surface area contributed by atoms with Crippen LogP contribution in [0.3, 0.4) is 0 Å². The van der Waals surface area contributed by atoms with Crippen molar-refractivity contribution in [2.75, 3.05) is 0 Å². The molecular formula is C26H20N4O5S. The van der Waals surface area contributed by atoms with Gasteiger partial charge >= 0.3 is 11.9 Å². The molecule has 1 saturated heterocycles. The van der Waals surface area contributed by atoms with Crippen LogP contribution in [0.4, 0.5) is 0 Å². The summed E-state index contributed by atoms with van der Waals surface area (Å²) >= 11 is 5.68. The average molecular weight is 501 g/mol. The van der Waals surface area contributed by atoms with Gasteiger partial charge in [0.1, 0.15) is 17.6 Å². The van der Waals surface area contributed by atoms with Crippen molar-refractivity contribution in [3.05, 3.63) is 107 Å². The van der Waals surface area contributed by atoms with Crippen molar-refractivity contribution in [2.24, 2.45) is 0 Å². The van der Waals surface area contributed by atoms with Crippen molar-refractivity contribution >= 4 is 29.3 Å². The lowest BCUT2D eigenvalue weighted by molar-refractivity contribution is 0.0696. The van der Waals surface area contributed by atoms with Crippen molar-refractivity contribution < 1.29 is 24.2 Å². The second kappa shape index (κ2) is 9.59. The zero-order chi connectivity index (χ0) is 25.2. The van der Waals surface area contributed by atoms with Crippen molar-refractivity contribution in [1.29, 1.82) is 0 Å². The van der Waals surface area contributed by atoms with E-state index in [1.165, 1.54) is 12.1 Å². The van der Waals surface area contributed by atoms with E-state index in [4.69, 9.17) is 16.6 Å². The van der Waals surface area contributed by atoms with Crippen molar-refractivity contribution in [1.82, 2.24) is 20.2 Å². The van der Waals surface area contributed by atoms with E-state index >= 15 is 0 Å². The van der Waals surface area contributed by atoms with Crippen LogP contribution in [0, 0.1) is 0 Å². The van der Waals surface area contributed by atoms with E-state index in [2.05, 4.69) is 15.3 Å². The molecule has 1 aromatic carbocycles. The molecule has 3 aromatic heterocycles. The molecule has 1 aliphatic rings. The number of carbonyl (C=O) groups is 2. The molecule has 0 spiro atoms. The van der Waals surface area contributed by atoms with Crippen LogP contribution in [0.2, 0.25) is 0 Å². The van der Waals surface area contributed by atoms with E-state index in [9.17, 15) is 19.8 Å². The monoisotopic (exact) mass is 500 g/mol. The first kappa shape index (κ1) is 23.2. The van der Waals surface area contributed by atoms with Gasteiger partial charge in [0.2, 0.25) is 0 Å². The van der Waals surface area contributed by atoms with E-state index in [0.29, 0.717) is 28.7 Å². The maximum Gasteiger partial charge on any atom is 0.335 e. The molecule has 2 atom stereocenters. The van der Waals surface area contributed by atoms with E-state index in [-0.39, 0.29) is 23.2 Å². The number of aromatic carboxylic acids is 2. The van der Waals surface area contributed by atoms with Gasteiger partial charge in [-0.3, -0.25) is 9.97 Å². The number of furan rings is 1. The quantitative estimate of drug-likeness (QED) is 0.316. The third-order valence-corrected chi connectivity index (χ3v) is 6.26. The average Bonchev–Trinajstić information content (AvgIpc) is 3.50. The Labute approximate surface area is 211 Å². The van der Waals surface area contributed by atoms with Crippen molar-refractivity contribution in [3.8, 4) is 11.3 Å². The molecular weight excluding hydrogens is 480 g/mol. The van der Waals surface area contributed by atoms with Crippen LogP contribution in [-0.4, -0.2) is 42.1 Å². The van der Waals surface area contributed by atoms with Gasteiger partial charge in [0.25, 0.3) is 0 Å². The van der Waals surface area contributed by atoms with Gasteiger partial charge in [-0.25, -0.2) is 9.59 Å². The van der Waals surface area contributed by atoms with Crippen LogP contribution < -0.4 is 5.32 Å². The Bertz CT molecular complexity index is 1410. The lowest BCUT2D eigenvalue weighted by atomic mass is 10.0. The molecule has 0 bridgehead atoms. The van der Waals surface area contributed by atoms with Crippen LogP contribution in [0.1, 0.15) is 49.8 Å². The minimum Gasteiger partial charge on any atom is -0.478 e. The van der Waals surface area contributed by atoms with Gasteiger partial charge in [-0.15, -0.1) is 0 Å². The normalized spacial score (nSPS) is 17.1. The van der Waals surface area contributed by atoms with Crippen LogP contribution in [0.5, 0.6) is 0 Å². The van der Waals surface area contributed by atoms with Gasteiger partial charge in [0, 0.05) is 30.7 Å². The number of aromatic nitrogens is 2. The fourth-order valence-corrected chi connectivity index (χ4v) is 4.56. The number of nitrogens with one attached hydrogen (secondary N) is 1. The molecule has 4 heterocycles. The molecule has 4 aromatic rings. The Morgan fingerprint density at radius 2 is 1.78 bits per heavy atom. The number of thiocarbonyl (C=S) groups is 1. The highest BCUT2D eigenvalue weighted by Crippen LogP contribution is 2.41. The second-order valence-corrected chi connectivity index (χ2v) is 8.61. The summed E-state index contributed by atoms with van der Waals surface area (Å²) in [5.74, 6) is -1.55. The van der Waals surface area contributed by atoms with E-state index in [1.807, 2.05) is 35.2 Å². The number of rotatable bonds is 7. The molecule has 0 unspecified atom stereocenters. The minimum absolute atomic E-state index is 0.142. The van der Waals surface area contributed by atoms with Gasteiger partial charge < -0.3 is 24.8 Å². The summed E-state index contributed by atoms with van der Waals surface area (Å²) in [6.45, 7) is 0.474. The number of hydrogen-bond donors (Lipinski definition) is 3. The Morgan fingerprint density at radius 1 is 1.00 bits per heavy atom. The first-order valence-corrected chi connectivity index (χ1v) is 11.4. The molecule has 0 amide bonds. The summed E-state index contributed by atoms with van der Waals surface area (Å²) in [6.07, 6.45) is 5.18. The smallest absolute Gasteiger partial charge is 0.335 e. The maximum absolute atomic E-state index is 11.6. The van der Waals surface area contributed by atoms with E-state index < -0.39 is 11.9 Å². The summed E-state index contributed by atoms with van der Waals surface area (Å²) < 4.78 is 6.22. The van der Waals surface area contributed by atoms with Crippen molar-refractivity contribution in [3.63, 3.8) is 0 Å². The molecule has 10 heteroatoms. The molecule has 3 N–H and O–H groups in total. The van der Waals surface area contributed by atoms with Crippen LogP contribution >= 0.6 is 12.2 Å². The van der Waals surface area contributed by atoms with E-state index in [0.717, 1.165) is 17.3 Å². The van der Waals surface area contributed by atoms with Gasteiger partial charge in [-0.1, -0.05) is 12.1 Å². The molecule has 0 saturated carbocycles. The second-order valence-electron chi connectivity index (χ2n) is 8.23. The molecule has 1 fully saturated rings. The minimum atomic E-state index is -1.23. The van der Waals surface area contributed by atoms with Gasteiger partial charge in [0.15, 0.2) is 5.11 Å². The Morgan fingerprint density at radius 3 is 2.42 bits per heavy atom. The van der Waals surface area contributed by atoms with Crippen LogP contribution in [0.15, 0.2) is 83.7 Å². The SMILES string of the molecule is O=C(O)c1cc(C(=O)O)cc(-c2ccc([C@@H]3[C@@H](c4ccccn4)NC(=S)N3Cc3cccnc3)o2)c1. The highest BCUT2D eigenvalue weighted by Gasteiger charge is 2.41. The molecule has 9 nitrogen and oxygen atoms in total. The lowest BCUT2D eigenvalue weighted by Gasteiger charge is -2.26. The zero-order valence-electron chi connectivity index (χ0n) is 18.7. The first-order valence-electron chi connectivity index (χ1n) is 11.0. The molecule has 1 aliphatic heterocycles. The lowest BCUT2D eigenvalue weighted by Crippen LogP contribution is -2.29. The number of nitrogens with zero attached hydrogens (tertiary/aromatic N) is 3. The Kier molecular flexibility index (Phi) is 6.17. The fraction of sp³-hybridized carbons (Fsp3) is 0.115. The first-order chi connectivity index (χ1) is 17.4. The standard InChI is InChI=1S/C26H20N4O5S/c31-24(32)17-10-16(11-18(12-17)25(33)34)20-6-7-21(35-20)23-22(19-5-1-2-9-28-19)29-26(36)30(23)14-15-4-3-8-27-13-15/h1-13,22-23H,14H2,(H,29,36)(H,31,32)(H,33,34)/t22-,23-/m1/s1. The summed E-state index contributed by atoms with van der Waals surface area (Å²) in [4.78, 5) is 33.8. The number of benzene rings is 1. The maximum atomic E-state index is 11.6. The van der Waals surface area contributed by atoms with Crippen LogP contribution in [-0.2, 0) is 6.54 Å². The van der Waals surface area contributed by atoms with Gasteiger partial charge in [0.05, 0.1) is 22.9 Å². The molecule has 0 radical (unpaired) electrons. The number of hydrogen-bond acceptors (Lipinski definition) is 6. The van der Waals surface area contributed by atoms with Crippen molar-refractivity contribution in [2.45, 2.75) is 18.6 Å². The predicted molar refractivity (Wildman–Crippen MR) is 133 cm³/mol. The molecule has 180 valence electrons. The van der Waals surface area contributed by atoms with Gasteiger partial charge in [-0.05, 0) is 66.3 Å². The summed E-state index contributed by atoms with van der Waals surface area (Å²) in [7, 11) is 0. The van der Waals surface area contributed by atoms with E-state index in [1.54, 1.807) is 30.7 Å². The third-order valence-electron chi connectivity index (χ3n) is 5.90. The summed E-state index contributed by atoms with van der Waals surface area (Å²) in [5, 5.41) is 22.8. The highest BCUT2D eigenvalue weighted by molar-refractivity contribution is 7.80. The fourth-order valence-electron chi connectivity index (χ4n) is 4.26. The number of carboxylic acid groups (broad SMARTS) is 2. The molecule has 5 rings (SSSR count). The van der Waals surface area contributed by atoms with Gasteiger partial charge in [-0.2, -0.15) is 0 Å².